The van der Waals surface area contributed by atoms with Crippen LogP contribution in [0, 0.1) is 0 Å². The Kier molecular flexibility index (Phi) is 10.6. The van der Waals surface area contributed by atoms with Gasteiger partial charge in [-0.3, -0.25) is 0 Å². The van der Waals surface area contributed by atoms with Gasteiger partial charge in [-0.1, -0.05) is 6.92 Å². The van der Waals surface area contributed by atoms with Crippen molar-refractivity contribution in [1.29, 1.82) is 0 Å². The SMILES string of the molecule is CCCNCCCCS(=O)(=O)NCCCN(C)C. The van der Waals surface area contributed by atoms with Gasteiger partial charge >= 0.3 is 0 Å². The van der Waals surface area contributed by atoms with Crippen LogP contribution < -0.4 is 10.0 Å². The minimum Gasteiger partial charge on any atom is -0.317 e. The highest BCUT2D eigenvalue weighted by Crippen LogP contribution is 1.94. The molecule has 0 aromatic rings. The maximum atomic E-state index is 11.6. The van der Waals surface area contributed by atoms with Gasteiger partial charge in [0.2, 0.25) is 10.0 Å². The van der Waals surface area contributed by atoms with Gasteiger partial charge in [-0.15, -0.1) is 0 Å². The molecule has 0 rings (SSSR count). The minimum absolute atomic E-state index is 0.239. The zero-order chi connectivity index (χ0) is 13.9. The first-order chi connectivity index (χ1) is 8.48. The molecule has 0 fully saturated rings. The molecule has 6 heteroatoms. The van der Waals surface area contributed by atoms with Crippen LogP contribution in [0.2, 0.25) is 0 Å². The Bertz CT molecular complexity index is 279. The second-order valence-electron chi connectivity index (χ2n) is 4.83. The normalized spacial score (nSPS) is 12.2. The average molecular weight is 279 g/mol. The molecule has 0 saturated carbocycles. The third kappa shape index (κ3) is 12.3. The van der Waals surface area contributed by atoms with E-state index in [9.17, 15) is 8.42 Å². The fraction of sp³-hybridized carbons (Fsp3) is 1.00. The molecular weight excluding hydrogens is 250 g/mol. The van der Waals surface area contributed by atoms with Crippen LogP contribution in [0.15, 0.2) is 0 Å². The first-order valence-electron chi connectivity index (χ1n) is 6.80. The van der Waals surface area contributed by atoms with Gasteiger partial charge in [0.1, 0.15) is 0 Å². The van der Waals surface area contributed by atoms with Gasteiger partial charge in [-0.25, -0.2) is 13.1 Å². The number of hydrogen-bond donors (Lipinski definition) is 2. The third-order valence-corrected chi connectivity index (χ3v) is 4.02. The summed E-state index contributed by atoms with van der Waals surface area (Å²) in [6.45, 7) is 5.48. The van der Waals surface area contributed by atoms with E-state index < -0.39 is 10.0 Å². The van der Waals surface area contributed by atoms with Gasteiger partial charge in [-0.2, -0.15) is 0 Å². The highest BCUT2D eigenvalue weighted by atomic mass is 32.2. The Morgan fingerprint density at radius 1 is 1.00 bits per heavy atom. The van der Waals surface area contributed by atoms with Crippen molar-refractivity contribution < 1.29 is 8.42 Å². The topological polar surface area (TPSA) is 61.4 Å². The summed E-state index contributed by atoms with van der Waals surface area (Å²) in [4.78, 5) is 2.05. The smallest absolute Gasteiger partial charge is 0.211 e. The molecule has 0 atom stereocenters. The lowest BCUT2D eigenvalue weighted by Crippen LogP contribution is -2.29. The van der Waals surface area contributed by atoms with Crippen LogP contribution in [-0.4, -0.2) is 59.3 Å². The van der Waals surface area contributed by atoms with Crippen molar-refractivity contribution in [2.45, 2.75) is 32.6 Å². The van der Waals surface area contributed by atoms with Gasteiger partial charge < -0.3 is 10.2 Å². The molecule has 0 aliphatic rings. The summed E-state index contributed by atoms with van der Waals surface area (Å²) in [5, 5.41) is 3.27. The van der Waals surface area contributed by atoms with Gasteiger partial charge in [0.25, 0.3) is 0 Å². The molecule has 0 amide bonds. The van der Waals surface area contributed by atoms with E-state index in [2.05, 4.69) is 17.0 Å². The molecule has 5 nitrogen and oxygen atoms in total. The Morgan fingerprint density at radius 3 is 2.33 bits per heavy atom. The summed E-state index contributed by atoms with van der Waals surface area (Å²) >= 11 is 0. The fourth-order valence-corrected chi connectivity index (χ4v) is 2.72. The maximum absolute atomic E-state index is 11.6. The van der Waals surface area contributed by atoms with Gasteiger partial charge in [-0.05, 0) is 59.4 Å². The van der Waals surface area contributed by atoms with Gasteiger partial charge in [0.05, 0.1) is 5.75 Å². The van der Waals surface area contributed by atoms with E-state index in [-0.39, 0.29) is 5.75 Å². The Balaban J connectivity index is 3.49. The number of hydrogen-bond acceptors (Lipinski definition) is 4. The summed E-state index contributed by atoms with van der Waals surface area (Å²) in [5.74, 6) is 0.239. The predicted octanol–water partition coefficient (Wildman–Crippen LogP) is 0.637. The molecule has 0 aromatic heterocycles. The van der Waals surface area contributed by atoms with Crippen LogP contribution in [0.25, 0.3) is 0 Å². The van der Waals surface area contributed by atoms with Crippen LogP contribution in [0.4, 0.5) is 0 Å². The summed E-state index contributed by atoms with van der Waals surface area (Å²) < 4.78 is 25.9. The van der Waals surface area contributed by atoms with Gasteiger partial charge in [0, 0.05) is 6.54 Å². The van der Waals surface area contributed by atoms with Crippen LogP contribution in [0.5, 0.6) is 0 Å². The van der Waals surface area contributed by atoms with E-state index >= 15 is 0 Å². The minimum atomic E-state index is -3.07. The lowest BCUT2D eigenvalue weighted by atomic mass is 10.3. The Morgan fingerprint density at radius 2 is 1.72 bits per heavy atom. The number of nitrogens with one attached hydrogen (secondary N) is 2. The molecule has 0 heterocycles. The number of rotatable bonds is 12. The lowest BCUT2D eigenvalue weighted by molar-refractivity contribution is 0.400. The van der Waals surface area contributed by atoms with Crippen LogP contribution >= 0.6 is 0 Å². The fourth-order valence-electron chi connectivity index (χ4n) is 1.54. The molecule has 18 heavy (non-hydrogen) atoms. The molecule has 0 aromatic carbocycles. The zero-order valence-corrected chi connectivity index (χ0v) is 12.9. The molecule has 0 radical (unpaired) electrons. The van der Waals surface area contributed by atoms with Crippen LogP contribution in [0.3, 0.4) is 0 Å². The van der Waals surface area contributed by atoms with Crippen molar-refractivity contribution in [3.63, 3.8) is 0 Å². The van der Waals surface area contributed by atoms with Gasteiger partial charge in [0.15, 0.2) is 0 Å². The summed E-state index contributed by atoms with van der Waals surface area (Å²) in [5.41, 5.74) is 0. The van der Waals surface area contributed by atoms with Crippen molar-refractivity contribution in [3.05, 3.63) is 0 Å². The van der Waals surface area contributed by atoms with Crippen molar-refractivity contribution in [1.82, 2.24) is 14.9 Å². The van der Waals surface area contributed by atoms with Crippen molar-refractivity contribution >= 4 is 10.0 Å². The zero-order valence-electron chi connectivity index (χ0n) is 12.0. The molecule has 0 saturated heterocycles. The molecule has 0 unspecified atom stereocenters. The van der Waals surface area contributed by atoms with E-state index in [1.54, 1.807) is 0 Å². The molecule has 0 spiro atoms. The first kappa shape index (κ1) is 17.8. The number of nitrogens with zero attached hydrogens (tertiary/aromatic N) is 1. The molecule has 0 aliphatic carbocycles. The van der Waals surface area contributed by atoms with E-state index in [4.69, 9.17) is 0 Å². The second kappa shape index (κ2) is 10.7. The largest absolute Gasteiger partial charge is 0.317 e. The predicted molar refractivity (Wildman–Crippen MR) is 77.4 cm³/mol. The average Bonchev–Trinajstić information content (AvgIpc) is 2.29. The number of unbranched alkanes of at least 4 members (excludes halogenated alkanes) is 1. The first-order valence-corrected chi connectivity index (χ1v) is 8.46. The van der Waals surface area contributed by atoms with Crippen molar-refractivity contribution in [2.75, 3.05) is 46.0 Å². The standard InChI is InChI=1S/C12H29N3O2S/c1-4-8-13-9-5-6-12-18(16,17)14-10-7-11-15(2)3/h13-14H,4-12H2,1-3H3. The highest BCUT2D eigenvalue weighted by molar-refractivity contribution is 7.89. The molecule has 110 valence electrons. The van der Waals surface area contributed by atoms with E-state index in [0.29, 0.717) is 6.54 Å². The van der Waals surface area contributed by atoms with Crippen LogP contribution in [-0.2, 0) is 10.0 Å². The summed E-state index contributed by atoms with van der Waals surface area (Å²) in [6.07, 6.45) is 3.61. The third-order valence-electron chi connectivity index (χ3n) is 2.55. The van der Waals surface area contributed by atoms with E-state index in [1.807, 2.05) is 19.0 Å². The van der Waals surface area contributed by atoms with E-state index in [0.717, 1.165) is 45.3 Å². The van der Waals surface area contributed by atoms with Crippen molar-refractivity contribution in [2.24, 2.45) is 0 Å². The molecule has 0 bridgehead atoms. The Labute approximate surface area is 112 Å². The quantitative estimate of drug-likeness (QED) is 0.515. The number of sulfonamides is 1. The summed E-state index contributed by atoms with van der Waals surface area (Å²) in [6, 6.07) is 0. The maximum Gasteiger partial charge on any atom is 0.211 e. The van der Waals surface area contributed by atoms with Crippen molar-refractivity contribution in [3.8, 4) is 0 Å². The molecule has 2 N–H and O–H groups in total. The Hall–Kier alpha value is -0.170. The monoisotopic (exact) mass is 279 g/mol. The highest BCUT2D eigenvalue weighted by Gasteiger charge is 2.08. The van der Waals surface area contributed by atoms with Crippen LogP contribution in [0.1, 0.15) is 32.6 Å². The molecular formula is C12H29N3O2S. The lowest BCUT2D eigenvalue weighted by Gasteiger charge is -2.10. The summed E-state index contributed by atoms with van der Waals surface area (Å²) in [7, 11) is 0.899. The second-order valence-corrected chi connectivity index (χ2v) is 6.75. The molecule has 0 aliphatic heterocycles. The van der Waals surface area contributed by atoms with E-state index in [1.165, 1.54) is 0 Å².